The third kappa shape index (κ3) is 3.81. The van der Waals surface area contributed by atoms with Crippen LogP contribution in [0.25, 0.3) is 0 Å². The summed E-state index contributed by atoms with van der Waals surface area (Å²) in [5.41, 5.74) is 1.72. The van der Waals surface area contributed by atoms with Gasteiger partial charge in [0, 0.05) is 29.7 Å². The van der Waals surface area contributed by atoms with Gasteiger partial charge in [-0.15, -0.1) is 0 Å². The summed E-state index contributed by atoms with van der Waals surface area (Å²) in [6, 6.07) is 3.41. The molecule has 8 heteroatoms. The van der Waals surface area contributed by atoms with E-state index in [0.717, 1.165) is 15.7 Å². The van der Waals surface area contributed by atoms with Gasteiger partial charge in [0.1, 0.15) is 12.2 Å². The first-order valence-corrected chi connectivity index (χ1v) is 9.34. The van der Waals surface area contributed by atoms with Crippen LogP contribution >= 0.6 is 15.9 Å². The van der Waals surface area contributed by atoms with E-state index < -0.39 is 5.60 Å². The fourth-order valence-corrected chi connectivity index (χ4v) is 3.75. The van der Waals surface area contributed by atoms with Crippen molar-refractivity contribution in [1.82, 2.24) is 4.90 Å². The second-order valence-electron chi connectivity index (χ2n) is 7.49. The van der Waals surface area contributed by atoms with Gasteiger partial charge >= 0.3 is 12.1 Å². The molecular weight excluding hydrogens is 404 g/mol. The van der Waals surface area contributed by atoms with E-state index >= 15 is 0 Å². The molecule has 26 heavy (non-hydrogen) atoms. The second-order valence-corrected chi connectivity index (χ2v) is 8.35. The van der Waals surface area contributed by atoms with E-state index in [1.54, 1.807) is 11.0 Å². The molecule has 1 amide bonds. The zero-order valence-corrected chi connectivity index (χ0v) is 16.7. The van der Waals surface area contributed by atoms with Crippen molar-refractivity contribution < 1.29 is 24.2 Å². The van der Waals surface area contributed by atoms with E-state index in [2.05, 4.69) is 15.9 Å². The fourth-order valence-electron chi connectivity index (χ4n) is 3.18. The fraction of sp³-hybridized carbons (Fsp3) is 0.556. The minimum absolute atomic E-state index is 0.0990. The minimum atomic E-state index is -0.557. The Balaban J connectivity index is 1.79. The number of ether oxygens (including phenoxy) is 2. The standard InChI is InChI=1S/C18H23BrN2O5/c1-18(2,3)26-17(24)20-4-5-21(12(8-20)9-22)15-6-11-10-25-16(23)13(11)7-14(15)19/h6-7,12,22H,4-5,8-10H2,1-3H3. The molecule has 7 nitrogen and oxygen atoms in total. The summed E-state index contributed by atoms with van der Waals surface area (Å²) in [7, 11) is 0. The number of aliphatic hydroxyl groups excluding tert-OH is 1. The first kappa shape index (κ1) is 19.0. The van der Waals surface area contributed by atoms with Crippen LogP contribution < -0.4 is 4.90 Å². The van der Waals surface area contributed by atoms with Crippen molar-refractivity contribution in [3.63, 3.8) is 0 Å². The predicted octanol–water partition coefficient (Wildman–Crippen LogP) is 2.54. The Bertz CT molecular complexity index is 731. The van der Waals surface area contributed by atoms with Crippen molar-refractivity contribution in [2.45, 2.75) is 39.0 Å². The van der Waals surface area contributed by atoms with Crippen molar-refractivity contribution in [3.05, 3.63) is 27.7 Å². The van der Waals surface area contributed by atoms with Crippen molar-refractivity contribution >= 4 is 33.7 Å². The Kier molecular flexibility index (Phi) is 5.16. The van der Waals surface area contributed by atoms with Crippen LogP contribution in [0.15, 0.2) is 16.6 Å². The Hall–Kier alpha value is -1.80. The number of aliphatic hydroxyl groups is 1. The van der Waals surface area contributed by atoms with Crippen LogP contribution in [-0.4, -0.2) is 60.0 Å². The van der Waals surface area contributed by atoms with Crippen LogP contribution in [0.4, 0.5) is 10.5 Å². The van der Waals surface area contributed by atoms with Gasteiger partial charge in [-0.05, 0) is 48.8 Å². The van der Waals surface area contributed by atoms with E-state index in [1.807, 2.05) is 31.7 Å². The van der Waals surface area contributed by atoms with Gasteiger partial charge in [0.05, 0.1) is 23.9 Å². The van der Waals surface area contributed by atoms with Crippen molar-refractivity contribution in [2.75, 3.05) is 31.1 Å². The van der Waals surface area contributed by atoms with Gasteiger partial charge in [0.25, 0.3) is 0 Å². The molecule has 0 bridgehead atoms. The Morgan fingerprint density at radius 2 is 2.12 bits per heavy atom. The zero-order chi connectivity index (χ0) is 19.1. The Morgan fingerprint density at radius 3 is 2.77 bits per heavy atom. The van der Waals surface area contributed by atoms with Crippen LogP contribution in [-0.2, 0) is 16.1 Å². The number of nitrogens with zero attached hydrogens (tertiary/aromatic N) is 2. The molecule has 1 aromatic rings. The van der Waals surface area contributed by atoms with Crippen LogP contribution in [0, 0.1) is 0 Å². The first-order chi connectivity index (χ1) is 12.2. The lowest BCUT2D eigenvalue weighted by Crippen LogP contribution is -2.57. The molecular formula is C18H23BrN2O5. The summed E-state index contributed by atoms with van der Waals surface area (Å²) in [6.07, 6.45) is -0.373. The Morgan fingerprint density at radius 1 is 1.38 bits per heavy atom. The van der Waals surface area contributed by atoms with Crippen LogP contribution in [0.5, 0.6) is 0 Å². The lowest BCUT2D eigenvalue weighted by molar-refractivity contribution is 0.0197. The quantitative estimate of drug-likeness (QED) is 0.731. The van der Waals surface area contributed by atoms with Gasteiger partial charge in [0.2, 0.25) is 0 Å². The number of amides is 1. The summed E-state index contributed by atoms with van der Waals surface area (Å²) in [6.45, 7) is 7.06. The van der Waals surface area contributed by atoms with Crippen LogP contribution in [0.2, 0.25) is 0 Å². The normalized spacial score (nSPS) is 20.0. The van der Waals surface area contributed by atoms with Crippen molar-refractivity contribution in [1.29, 1.82) is 0 Å². The van der Waals surface area contributed by atoms with E-state index in [4.69, 9.17) is 9.47 Å². The molecule has 0 spiro atoms. The summed E-state index contributed by atoms with van der Waals surface area (Å²) < 4.78 is 11.3. The number of carbonyl (C=O) groups excluding carboxylic acids is 2. The van der Waals surface area contributed by atoms with E-state index in [9.17, 15) is 14.7 Å². The van der Waals surface area contributed by atoms with Gasteiger partial charge in [0.15, 0.2) is 0 Å². The average molecular weight is 427 g/mol. The number of anilines is 1. The van der Waals surface area contributed by atoms with Crippen LogP contribution in [0.1, 0.15) is 36.7 Å². The van der Waals surface area contributed by atoms with Gasteiger partial charge in [-0.25, -0.2) is 9.59 Å². The van der Waals surface area contributed by atoms with E-state index in [-0.39, 0.29) is 31.3 Å². The lowest BCUT2D eigenvalue weighted by Gasteiger charge is -2.42. The molecule has 2 aliphatic rings. The van der Waals surface area contributed by atoms with Crippen molar-refractivity contribution in [2.24, 2.45) is 0 Å². The molecule has 0 radical (unpaired) electrons. The number of rotatable bonds is 2. The van der Waals surface area contributed by atoms with E-state index in [0.29, 0.717) is 25.2 Å². The van der Waals surface area contributed by atoms with Crippen LogP contribution in [0.3, 0.4) is 0 Å². The number of esters is 1. The SMILES string of the molecule is CC(C)(C)OC(=O)N1CCN(c2cc3c(cc2Br)C(=O)OC3)C(CO)C1. The average Bonchev–Trinajstić information content (AvgIpc) is 2.92. The van der Waals surface area contributed by atoms with Crippen molar-refractivity contribution in [3.8, 4) is 0 Å². The molecule has 1 atom stereocenters. The molecule has 1 saturated heterocycles. The molecule has 1 fully saturated rings. The summed E-state index contributed by atoms with van der Waals surface area (Å²) >= 11 is 3.52. The highest BCUT2D eigenvalue weighted by atomic mass is 79.9. The molecule has 2 aliphatic heterocycles. The molecule has 1 aromatic carbocycles. The number of cyclic esters (lactones) is 1. The topological polar surface area (TPSA) is 79.3 Å². The second kappa shape index (κ2) is 7.08. The molecule has 0 saturated carbocycles. The molecule has 0 aliphatic carbocycles. The number of fused-ring (bicyclic) bond motifs is 1. The minimum Gasteiger partial charge on any atom is -0.457 e. The first-order valence-electron chi connectivity index (χ1n) is 8.54. The summed E-state index contributed by atoms with van der Waals surface area (Å²) in [5, 5.41) is 9.87. The van der Waals surface area contributed by atoms with Gasteiger partial charge < -0.3 is 24.4 Å². The molecule has 2 heterocycles. The largest absolute Gasteiger partial charge is 0.457 e. The summed E-state index contributed by atoms with van der Waals surface area (Å²) in [5.74, 6) is -0.319. The number of carbonyl (C=O) groups is 2. The molecule has 1 unspecified atom stereocenters. The number of piperazine rings is 1. The smallest absolute Gasteiger partial charge is 0.410 e. The number of hydrogen-bond donors (Lipinski definition) is 1. The summed E-state index contributed by atoms with van der Waals surface area (Å²) in [4.78, 5) is 27.7. The number of benzene rings is 1. The highest BCUT2D eigenvalue weighted by Gasteiger charge is 2.33. The van der Waals surface area contributed by atoms with E-state index in [1.165, 1.54) is 0 Å². The molecule has 3 rings (SSSR count). The molecule has 0 aromatic heterocycles. The third-order valence-corrected chi connectivity index (χ3v) is 5.04. The lowest BCUT2D eigenvalue weighted by atomic mass is 10.1. The zero-order valence-electron chi connectivity index (χ0n) is 15.1. The van der Waals surface area contributed by atoms with Gasteiger partial charge in [-0.3, -0.25) is 0 Å². The highest BCUT2D eigenvalue weighted by Crippen LogP contribution is 2.35. The third-order valence-electron chi connectivity index (χ3n) is 4.41. The highest BCUT2D eigenvalue weighted by molar-refractivity contribution is 9.10. The Labute approximate surface area is 161 Å². The van der Waals surface area contributed by atoms with Gasteiger partial charge in [-0.2, -0.15) is 0 Å². The molecule has 1 N–H and O–H groups in total. The monoisotopic (exact) mass is 426 g/mol. The molecule has 142 valence electrons. The number of halogens is 1. The number of hydrogen-bond acceptors (Lipinski definition) is 6. The maximum atomic E-state index is 12.3. The maximum Gasteiger partial charge on any atom is 0.410 e. The van der Waals surface area contributed by atoms with Gasteiger partial charge in [-0.1, -0.05) is 0 Å². The maximum absolute atomic E-state index is 12.3. The predicted molar refractivity (Wildman–Crippen MR) is 99.3 cm³/mol.